The smallest absolute Gasteiger partial charge is 0.306 e. The summed E-state index contributed by atoms with van der Waals surface area (Å²) in [6.45, 7) is 2.41. The molecule has 6 nitrogen and oxygen atoms in total. The van der Waals surface area contributed by atoms with E-state index in [0.717, 1.165) is 29.7 Å². The predicted molar refractivity (Wildman–Crippen MR) is 113 cm³/mol. The number of aryl methyl sites for hydroxylation is 3. The third-order valence-electron chi connectivity index (χ3n) is 5.20. The van der Waals surface area contributed by atoms with E-state index in [9.17, 15) is 9.59 Å². The van der Waals surface area contributed by atoms with E-state index in [-0.39, 0.29) is 18.9 Å². The number of aromatic nitrogens is 1. The van der Waals surface area contributed by atoms with E-state index in [2.05, 4.69) is 4.98 Å². The van der Waals surface area contributed by atoms with E-state index >= 15 is 0 Å². The third-order valence-corrected chi connectivity index (χ3v) is 5.20. The van der Waals surface area contributed by atoms with Gasteiger partial charge in [-0.15, -0.1) is 0 Å². The van der Waals surface area contributed by atoms with Crippen molar-refractivity contribution in [2.75, 3.05) is 18.1 Å². The highest BCUT2D eigenvalue weighted by Gasteiger charge is 2.23. The highest BCUT2D eigenvalue weighted by Crippen LogP contribution is 2.26. The number of ether oxygens (including phenoxy) is 1. The lowest BCUT2D eigenvalue weighted by Crippen LogP contribution is -2.38. The third kappa shape index (κ3) is 4.59. The van der Waals surface area contributed by atoms with Crippen LogP contribution >= 0.6 is 0 Å². The number of fused-ring (bicyclic) bond motifs is 1. The largest absolute Gasteiger partial charge is 0.456 e. The van der Waals surface area contributed by atoms with Crippen LogP contribution in [0, 0.1) is 6.92 Å². The zero-order chi connectivity index (χ0) is 20.9. The molecule has 2 heterocycles. The van der Waals surface area contributed by atoms with Crippen molar-refractivity contribution in [1.82, 2.24) is 4.98 Å². The fraction of sp³-hybridized carbons (Fsp3) is 0.292. The van der Waals surface area contributed by atoms with Crippen molar-refractivity contribution < 1.29 is 18.7 Å². The van der Waals surface area contributed by atoms with Crippen LogP contribution in [0.4, 0.5) is 5.69 Å². The molecule has 0 aliphatic carbocycles. The summed E-state index contributed by atoms with van der Waals surface area (Å²) >= 11 is 0. The summed E-state index contributed by atoms with van der Waals surface area (Å²) in [5, 5.41) is 0. The van der Waals surface area contributed by atoms with Gasteiger partial charge in [0.25, 0.3) is 5.91 Å². The first kappa shape index (κ1) is 19.9. The number of carbonyl (C=O) groups is 2. The molecular formula is C24H24N2O4. The van der Waals surface area contributed by atoms with Crippen LogP contribution in [-0.4, -0.2) is 30.0 Å². The van der Waals surface area contributed by atoms with Gasteiger partial charge >= 0.3 is 5.97 Å². The zero-order valence-corrected chi connectivity index (χ0v) is 17.0. The lowest BCUT2D eigenvalue weighted by atomic mass is 10.0. The first-order valence-corrected chi connectivity index (χ1v) is 10.2. The van der Waals surface area contributed by atoms with Gasteiger partial charge in [0.05, 0.1) is 12.6 Å². The van der Waals surface area contributed by atoms with Crippen molar-refractivity contribution in [3.63, 3.8) is 0 Å². The standard InChI is InChI=1S/C24H24N2O4/c1-17-8-10-19(11-9-17)21-15-25-22(30-21)12-13-24(28)29-16-23(27)26-14-4-6-18-5-2-3-7-20(18)26/h2-3,5,7-11,15H,4,6,12-14,16H2,1H3. The van der Waals surface area contributed by atoms with Gasteiger partial charge in [0, 0.05) is 24.2 Å². The Morgan fingerprint density at radius 3 is 2.77 bits per heavy atom. The van der Waals surface area contributed by atoms with Crippen molar-refractivity contribution in [2.45, 2.75) is 32.6 Å². The Morgan fingerprint density at radius 1 is 1.13 bits per heavy atom. The monoisotopic (exact) mass is 404 g/mol. The summed E-state index contributed by atoms with van der Waals surface area (Å²) in [6, 6.07) is 15.8. The molecule has 0 saturated heterocycles. The number of benzene rings is 2. The first-order chi connectivity index (χ1) is 14.6. The molecule has 154 valence electrons. The van der Waals surface area contributed by atoms with Crippen molar-refractivity contribution >= 4 is 17.6 Å². The fourth-order valence-corrected chi connectivity index (χ4v) is 3.57. The number of carbonyl (C=O) groups excluding carboxylic acids is 2. The van der Waals surface area contributed by atoms with Crippen molar-refractivity contribution in [3.05, 3.63) is 71.7 Å². The molecule has 0 spiro atoms. The number of esters is 1. The second kappa shape index (κ2) is 8.95. The van der Waals surface area contributed by atoms with Gasteiger partial charge in [-0.1, -0.05) is 48.0 Å². The molecule has 0 saturated carbocycles. The molecule has 2 aromatic carbocycles. The fourth-order valence-electron chi connectivity index (χ4n) is 3.57. The normalized spacial score (nSPS) is 13.0. The Bertz CT molecular complexity index is 1040. The molecule has 1 aliphatic heterocycles. The molecule has 0 bridgehead atoms. The highest BCUT2D eigenvalue weighted by molar-refractivity contribution is 5.96. The molecule has 1 aromatic heterocycles. The molecule has 0 fully saturated rings. The Kier molecular flexibility index (Phi) is 5.93. The predicted octanol–water partition coefficient (Wildman–Crippen LogP) is 4.11. The molecule has 1 amide bonds. The number of amides is 1. The van der Waals surface area contributed by atoms with Crippen LogP contribution in [0.1, 0.15) is 29.9 Å². The van der Waals surface area contributed by atoms with Crippen molar-refractivity contribution in [3.8, 4) is 11.3 Å². The number of para-hydroxylation sites is 1. The summed E-state index contributed by atoms with van der Waals surface area (Å²) in [5.41, 5.74) is 4.17. The SMILES string of the molecule is Cc1ccc(-c2cnc(CCC(=O)OCC(=O)N3CCCc4ccccc43)o2)cc1. The molecular weight excluding hydrogens is 380 g/mol. The number of hydrogen-bond donors (Lipinski definition) is 0. The van der Waals surface area contributed by atoms with Gasteiger partial charge in [-0.2, -0.15) is 0 Å². The molecule has 0 atom stereocenters. The molecule has 3 aromatic rings. The van der Waals surface area contributed by atoms with Crippen molar-refractivity contribution in [2.24, 2.45) is 0 Å². The average Bonchev–Trinajstić information content (AvgIpc) is 3.25. The number of nitrogens with zero attached hydrogens (tertiary/aromatic N) is 2. The lowest BCUT2D eigenvalue weighted by molar-refractivity contribution is -0.147. The molecule has 4 rings (SSSR count). The van der Waals surface area contributed by atoms with Gasteiger partial charge in [0.15, 0.2) is 18.3 Å². The van der Waals surface area contributed by atoms with Gasteiger partial charge in [-0.25, -0.2) is 4.98 Å². The lowest BCUT2D eigenvalue weighted by Gasteiger charge is -2.29. The van der Waals surface area contributed by atoms with E-state index in [1.165, 1.54) is 5.56 Å². The van der Waals surface area contributed by atoms with Gasteiger partial charge in [-0.05, 0) is 31.4 Å². The van der Waals surface area contributed by atoms with Crippen LogP contribution in [0.15, 0.2) is 59.1 Å². The minimum atomic E-state index is -0.441. The number of rotatable bonds is 6. The summed E-state index contributed by atoms with van der Waals surface area (Å²) in [4.78, 5) is 30.6. The quantitative estimate of drug-likeness (QED) is 0.578. The molecule has 0 N–H and O–H groups in total. The Hall–Kier alpha value is -3.41. The molecule has 1 aliphatic rings. The molecule has 6 heteroatoms. The van der Waals surface area contributed by atoms with Gasteiger partial charge in [0.2, 0.25) is 0 Å². The van der Waals surface area contributed by atoms with E-state index in [0.29, 0.717) is 24.6 Å². The van der Waals surface area contributed by atoms with Crippen LogP contribution in [-0.2, 0) is 27.2 Å². The van der Waals surface area contributed by atoms with Crippen LogP contribution in [0.3, 0.4) is 0 Å². The summed E-state index contributed by atoms with van der Waals surface area (Å²) < 4.78 is 10.9. The van der Waals surface area contributed by atoms with Crippen molar-refractivity contribution in [1.29, 1.82) is 0 Å². The Labute approximate surface area is 175 Å². The van der Waals surface area contributed by atoms with E-state index in [4.69, 9.17) is 9.15 Å². The van der Waals surface area contributed by atoms with Crippen LogP contribution in [0.25, 0.3) is 11.3 Å². The summed E-state index contributed by atoms with van der Waals surface area (Å²) in [5.74, 6) is 0.494. The highest BCUT2D eigenvalue weighted by atomic mass is 16.5. The average molecular weight is 404 g/mol. The summed E-state index contributed by atoms with van der Waals surface area (Å²) in [6.07, 6.45) is 3.95. The second-order valence-electron chi connectivity index (χ2n) is 7.42. The number of hydrogen-bond acceptors (Lipinski definition) is 5. The number of oxazole rings is 1. The Balaban J connectivity index is 1.27. The summed E-state index contributed by atoms with van der Waals surface area (Å²) in [7, 11) is 0. The van der Waals surface area contributed by atoms with Crippen LogP contribution < -0.4 is 4.90 Å². The second-order valence-corrected chi connectivity index (χ2v) is 7.42. The molecule has 0 radical (unpaired) electrons. The minimum absolute atomic E-state index is 0.109. The molecule has 30 heavy (non-hydrogen) atoms. The van der Waals surface area contributed by atoms with Gasteiger partial charge < -0.3 is 14.1 Å². The minimum Gasteiger partial charge on any atom is -0.456 e. The van der Waals surface area contributed by atoms with Crippen LogP contribution in [0.5, 0.6) is 0 Å². The van der Waals surface area contributed by atoms with E-state index < -0.39 is 5.97 Å². The zero-order valence-electron chi connectivity index (χ0n) is 17.0. The van der Waals surface area contributed by atoms with E-state index in [1.54, 1.807) is 11.1 Å². The van der Waals surface area contributed by atoms with E-state index in [1.807, 2.05) is 55.5 Å². The number of anilines is 1. The Morgan fingerprint density at radius 2 is 1.93 bits per heavy atom. The molecule has 0 unspecified atom stereocenters. The maximum absolute atomic E-state index is 12.5. The maximum atomic E-state index is 12.5. The first-order valence-electron chi connectivity index (χ1n) is 10.2. The van der Waals surface area contributed by atoms with Gasteiger partial charge in [-0.3, -0.25) is 9.59 Å². The van der Waals surface area contributed by atoms with Crippen LogP contribution in [0.2, 0.25) is 0 Å². The van der Waals surface area contributed by atoms with Gasteiger partial charge in [0.1, 0.15) is 0 Å². The maximum Gasteiger partial charge on any atom is 0.306 e. The topological polar surface area (TPSA) is 72.6 Å².